The number of aliphatic hydroxyl groups excluding tert-OH is 2. The minimum Gasteiger partial charge on any atom is -0.509 e. The smallest absolute Gasteiger partial charge is 0.303 e. The van der Waals surface area contributed by atoms with Gasteiger partial charge >= 0.3 is 5.97 Å². The van der Waals surface area contributed by atoms with Crippen molar-refractivity contribution >= 4 is 5.97 Å². The molecule has 0 rings (SSSR count). The van der Waals surface area contributed by atoms with E-state index >= 15 is 0 Å². The second-order valence-electron chi connectivity index (χ2n) is 5.73. The molecule has 0 saturated carbocycles. The van der Waals surface area contributed by atoms with Crippen LogP contribution in [0.2, 0.25) is 0 Å². The quantitative estimate of drug-likeness (QED) is 0.207. The summed E-state index contributed by atoms with van der Waals surface area (Å²) in [5, 5.41) is 27.7. The largest absolute Gasteiger partial charge is 0.509 e. The van der Waals surface area contributed by atoms with Crippen LogP contribution in [0.25, 0.3) is 0 Å². The monoisotopic (exact) mass is 336 g/mol. The van der Waals surface area contributed by atoms with E-state index in [2.05, 4.69) is 31.2 Å². The zero-order chi connectivity index (χ0) is 18.0. The molecule has 0 saturated heterocycles. The first-order chi connectivity index (χ1) is 11.6. The number of aliphatic carboxylic acids is 1. The van der Waals surface area contributed by atoms with Gasteiger partial charge in [-0.3, -0.25) is 4.79 Å². The maximum atomic E-state index is 10.4. The van der Waals surface area contributed by atoms with E-state index in [0.29, 0.717) is 6.42 Å². The Balaban J connectivity index is 3.79. The number of unbranched alkanes of at least 4 members (excludes halogenated alkanes) is 3. The number of aliphatic hydroxyl groups is 2. The molecule has 4 heteroatoms. The van der Waals surface area contributed by atoms with Crippen molar-refractivity contribution in [3.63, 3.8) is 0 Å². The van der Waals surface area contributed by atoms with Gasteiger partial charge in [0.15, 0.2) is 0 Å². The fraction of sp³-hybridized carbons (Fsp3) is 0.550. The van der Waals surface area contributed by atoms with Gasteiger partial charge in [0.2, 0.25) is 0 Å². The average Bonchev–Trinajstić information content (AvgIpc) is 2.55. The molecule has 3 N–H and O–H groups in total. The highest BCUT2D eigenvalue weighted by Crippen LogP contribution is 2.11. The molecule has 0 spiro atoms. The minimum absolute atomic E-state index is 0.00890. The Hall–Kier alpha value is -1.97. The van der Waals surface area contributed by atoms with Gasteiger partial charge in [-0.1, -0.05) is 56.2 Å². The van der Waals surface area contributed by atoms with Crippen molar-refractivity contribution < 1.29 is 20.1 Å². The van der Waals surface area contributed by atoms with E-state index in [9.17, 15) is 15.0 Å². The van der Waals surface area contributed by atoms with E-state index in [1.807, 2.05) is 6.08 Å². The molecule has 0 heterocycles. The first-order valence-corrected chi connectivity index (χ1v) is 8.84. The van der Waals surface area contributed by atoms with Crippen molar-refractivity contribution in [2.24, 2.45) is 0 Å². The third kappa shape index (κ3) is 14.9. The van der Waals surface area contributed by atoms with Crippen LogP contribution < -0.4 is 0 Å². The molecule has 0 fully saturated rings. The van der Waals surface area contributed by atoms with Gasteiger partial charge in [-0.15, -0.1) is 0 Å². The molecule has 0 bridgehead atoms. The molecule has 136 valence electrons. The third-order valence-electron chi connectivity index (χ3n) is 3.47. The Morgan fingerprint density at radius 1 is 0.750 bits per heavy atom. The summed E-state index contributed by atoms with van der Waals surface area (Å²) < 4.78 is 0. The number of hydrogen-bond donors (Lipinski definition) is 3. The van der Waals surface area contributed by atoms with Gasteiger partial charge in [0.25, 0.3) is 0 Å². The number of carboxylic acids is 1. The molecule has 4 nitrogen and oxygen atoms in total. The lowest BCUT2D eigenvalue weighted by Crippen LogP contribution is -1.96. The molecule has 0 aromatic carbocycles. The maximum Gasteiger partial charge on any atom is 0.303 e. The molecular weight excluding hydrogens is 304 g/mol. The van der Waals surface area contributed by atoms with Crippen molar-refractivity contribution in [2.75, 3.05) is 0 Å². The number of rotatable bonds is 14. The lowest BCUT2D eigenvalue weighted by Gasteiger charge is -2.01. The van der Waals surface area contributed by atoms with Crippen LogP contribution in [0.5, 0.6) is 0 Å². The zero-order valence-corrected chi connectivity index (χ0v) is 14.8. The first-order valence-electron chi connectivity index (χ1n) is 8.84. The highest BCUT2D eigenvalue weighted by atomic mass is 16.4. The Bertz CT molecular complexity index is 445. The molecular formula is C20H32O4. The summed E-state index contributed by atoms with van der Waals surface area (Å²) >= 11 is 0. The van der Waals surface area contributed by atoms with Crippen LogP contribution in [-0.4, -0.2) is 21.3 Å². The van der Waals surface area contributed by atoms with Crippen molar-refractivity contribution in [3.8, 4) is 0 Å². The molecule has 24 heavy (non-hydrogen) atoms. The van der Waals surface area contributed by atoms with E-state index in [0.717, 1.165) is 19.3 Å². The standard InChI is InChI=1S/C20H32O4/c1-2-3-4-5-6-7-8-9-10-11-12-13-15-18(21)19(22)16-14-17-20(23)24/h6-7,9-10,12-13,21-22H,2-5,8,11,14-17H2,1H3,(H,23,24)/b7-6-,10-9-,13-12-,19-18-. The summed E-state index contributed by atoms with van der Waals surface area (Å²) in [7, 11) is 0. The van der Waals surface area contributed by atoms with Crippen LogP contribution in [0.1, 0.15) is 71.1 Å². The topological polar surface area (TPSA) is 77.8 Å². The average molecular weight is 336 g/mol. The zero-order valence-electron chi connectivity index (χ0n) is 14.8. The fourth-order valence-corrected chi connectivity index (χ4v) is 2.04. The molecule has 0 aliphatic rings. The van der Waals surface area contributed by atoms with Gasteiger partial charge in [0.05, 0.1) is 0 Å². The molecule has 0 aromatic rings. The fourth-order valence-electron chi connectivity index (χ4n) is 2.04. The normalized spacial score (nSPS) is 13.2. The van der Waals surface area contributed by atoms with Gasteiger partial charge in [0.1, 0.15) is 11.5 Å². The Labute approximate surface area is 145 Å². The van der Waals surface area contributed by atoms with E-state index in [1.54, 1.807) is 6.08 Å². The predicted molar refractivity (Wildman–Crippen MR) is 99.2 cm³/mol. The molecule has 0 atom stereocenters. The number of hydrogen-bond acceptors (Lipinski definition) is 3. The maximum absolute atomic E-state index is 10.4. The Morgan fingerprint density at radius 2 is 1.38 bits per heavy atom. The highest BCUT2D eigenvalue weighted by Gasteiger charge is 2.04. The van der Waals surface area contributed by atoms with Gasteiger partial charge in [0, 0.05) is 19.3 Å². The van der Waals surface area contributed by atoms with E-state index in [1.165, 1.54) is 19.3 Å². The van der Waals surface area contributed by atoms with Gasteiger partial charge < -0.3 is 15.3 Å². The summed E-state index contributed by atoms with van der Waals surface area (Å²) in [6.45, 7) is 2.20. The second kappa shape index (κ2) is 15.9. The van der Waals surface area contributed by atoms with Gasteiger partial charge in [-0.2, -0.15) is 0 Å². The second-order valence-corrected chi connectivity index (χ2v) is 5.73. The molecule has 0 aliphatic carbocycles. The lowest BCUT2D eigenvalue weighted by molar-refractivity contribution is -0.137. The SMILES string of the molecule is CCCCC/C=C\C/C=C\C/C=C\C/C(O)=C(/O)CCCC(=O)O. The van der Waals surface area contributed by atoms with Crippen LogP contribution in [-0.2, 0) is 4.79 Å². The number of carboxylic acid groups (broad SMARTS) is 1. The van der Waals surface area contributed by atoms with Crippen molar-refractivity contribution in [3.05, 3.63) is 48.0 Å². The van der Waals surface area contributed by atoms with Crippen LogP contribution in [0.3, 0.4) is 0 Å². The summed E-state index contributed by atoms with van der Waals surface area (Å²) in [6, 6.07) is 0. The van der Waals surface area contributed by atoms with Crippen LogP contribution in [0.15, 0.2) is 48.0 Å². The number of allylic oxidation sites excluding steroid dienone is 7. The van der Waals surface area contributed by atoms with E-state index in [4.69, 9.17) is 5.11 Å². The van der Waals surface area contributed by atoms with Crippen LogP contribution in [0, 0.1) is 0 Å². The van der Waals surface area contributed by atoms with Crippen molar-refractivity contribution in [1.82, 2.24) is 0 Å². The third-order valence-corrected chi connectivity index (χ3v) is 3.47. The van der Waals surface area contributed by atoms with Crippen LogP contribution >= 0.6 is 0 Å². The van der Waals surface area contributed by atoms with Gasteiger partial charge in [-0.25, -0.2) is 0 Å². The molecule has 0 amide bonds. The van der Waals surface area contributed by atoms with Gasteiger partial charge in [-0.05, 0) is 32.1 Å². The first kappa shape index (κ1) is 22.0. The summed E-state index contributed by atoms with van der Waals surface area (Å²) in [5.41, 5.74) is 0. The minimum atomic E-state index is -0.898. The van der Waals surface area contributed by atoms with Crippen molar-refractivity contribution in [1.29, 1.82) is 0 Å². The Kier molecular flexibility index (Phi) is 14.6. The summed E-state index contributed by atoms with van der Waals surface area (Å²) in [5.74, 6) is -1.11. The lowest BCUT2D eigenvalue weighted by atomic mass is 10.1. The summed E-state index contributed by atoms with van der Waals surface area (Å²) in [6.07, 6.45) is 19.8. The van der Waals surface area contributed by atoms with Crippen molar-refractivity contribution in [2.45, 2.75) is 71.1 Å². The molecule has 0 aromatic heterocycles. The summed E-state index contributed by atoms with van der Waals surface area (Å²) in [4.78, 5) is 10.4. The predicted octanol–water partition coefficient (Wildman–Crippen LogP) is 5.99. The van der Waals surface area contributed by atoms with Crippen LogP contribution in [0.4, 0.5) is 0 Å². The number of carbonyl (C=O) groups is 1. The molecule has 0 aliphatic heterocycles. The van der Waals surface area contributed by atoms with E-state index in [-0.39, 0.29) is 30.8 Å². The van der Waals surface area contributed by atoms with E-state index < -0.39 is 5.97 Å². The Morgan fingerprint density at radius 3 is 2.00 bits per heavy atom. The molecule has 0 radical (unpaired) electrons. The molecule has 0 unspecified atom stereocenters. The highest BCUT2D eigenvalue weighted by molar-refractivity contribution is 5.66.